The lowest BCUT2D eigenvalue weighted by Gasteiger charge is -2.09. The number of anilines is 2. The molecule has 0 saturated heterocycles. The normalized spacial score (nSPS) is 10.3. The lowest BCUT2D eigenvalue weighted by Crippen LogP contribution is -1.97. The van der Waals surface area contributed by atoms with Crippen molar-refractivity contribution in [3.63, 3.8) is 0 Å². The van der Waals surface area contributed by atoms with Gasteiger partial charge < -0.3 is 5.32 Å². The lowest BCUT2D eigenvalue weighted by molar-refractivity contribution is 0.631. The molecule has 0 amide bonds. The maximum atomic E-state index is 13.9. The number of nitriles is 1. The van der Waals surface area contributed by atoms with E-state index < -0.39 is 5.82 Å². The fourth-order valence-electron chi connectivity index (χ4n) is 1.94. The molecule has 0 bridgehead atoms. The Morgan fingerprint density at radius 2 is 2.00 bits per heavy atom. The molecule has 1 aromatic carbocycles. The van der Waals surface area contributed by atoms with Gasteiger partial charge in [-0.15, -0.1) is 0 Å². The zero-order valence-corrected chi connectivity index (χ0v) is 12.2. The minimum absolute atomic E-state index is 0.277. The van der Waals surface area contributed by atoms with Crippen LogP contribution in [0, 0.1) is 17.1 Å². The lowest BCUT2D eigenvalue weighted by atomic mass is 10.2. The van der Waals surface area contributed by atoms with Crippen LogP contribution in [-0.4, -0.2) is 9.97 Å². The summed E-state index contributed by atoms with van der Waals surface area (Å²) in [6, 6.07) is 9.73. The van der Waals surface area contributed by atoms with Gasteiger partial charge in [0.05, 0.1) is 28.5 Å². The average Bonchev–Trinajstić information content (AvgIpc) is 2.49. The summed E-state index contributed by atoms with van der Waals surface area (Å²) in [6.45, 7) is 0. The minimum atomic E-state index is -0.490. The van der Waals surface area contributed by atoms with Crippen molar-refractivity contribution in [1.82, 2.24) is 9.97 Å². The molecule has 0 aliphatic carbocycles. The predicted molar refractivity (Wildman–Crippen MR) is 81.6 cm³/mol. The third-order valence-electron chi connectivity index (χ3n) is 2.91. The van der Waals surface area contributed by atoms with Gasteiger partial charge >= 0.3 is 0 Å². The molecule has 0 unspecified atom stereocenters. The number of halogens is 2. The highest BCUT2D eigenvalue weighted by molar-refractivity contribution is 9.10. The summed E-state index contributed by atoms with van der Waals surface area (Å²) >= 11 is 3.34. The van der Waals surface area contributed by atoms with Gasteiger partial charge in [0.1, 0.15) is 11.3 Å². The van der Waals surface area contributed by atoms with Crippen LogP contribution in [0.25, 0.3) is 11.0 Å². The topological polar surface area (TPSA) is 61.6 Å². The van der Waals surface area contributed by atoms with Crippen LogP contribution in [0.4, 0.5) is 15.8 Å². The number of hydrogen-bond donors (Lipinski definition) is 1. The Balaban J connectivity index is 2.04. The molecule has 0 fully saturated rings. The molecular weight excluding hydrogens is 335 g/mol. The Morgan fingerprint density at radius 3 is 2.76 bits per heavy atom. The van der Waals surface area contributed by atoms with Gasteiger partial charge in [0, 0.05) is 16.9 Å². The summed E-state index contributed by atoms with van der Waals surface area (Å²) in [6.07, 6.45) is 3.28. The van der Waals surface area contributed by atoms with E-state index in [1.165, 1.54) is 12.1 Å². The minimum Gasteiger partial charge on any atom is -0.351 e. The van der Waals surface area contributed by atoms with Crippen LogP contribution in [0.1, 0.15) is 5.56 Å². The Labute approximate surface area is 128 Å². The van der Waals surface area contributed by atoms with Crippen LogP contribution in [0.3, 0.4) is 0 Å². The van der Waals surface area contributed by atoms with E-state index in [9.17, 15) is 4.39 Å². The molecule has 102 valence electrons. The largest absolute Gasteiger partial charge is 0.351 e. The molecule has 3 aromatic rings. The molecule has 0 aliphatic heterocycles. The predicted octanol–water partition coefficient (Wildman–Crippen LogP) is 4.15. The Kier molecular flexibility index (Phi) is 3.50. The first-order valence-electron chi connectivity index (χ1n) is 6.04. The third-order valence-corrected chi connectivity index (χ3v) is 3.35. The number of hydrogen-bond acceptors (Lipinski definition) is 4. The summed E-state index contributed by atoms with van der Waals surface area (Å²) < 4.78 is 14.8. The van der Waals surface area contributed by atoms with Crippen molar-refractivity contribution in [3.05, 3.63) is 58.6 Å². The maximum Gasteiger partial charge on any atom is 0.147 e. The first-order valence-corrected chi connectivity index (χ1v) is 6.83. The van der Waals surface area contributed by atoms with E-state index in [4.69, 9.17) is 5.26 Å². The van der Waals surface area contributed by atoms with Crippen LogP contribution < -0.4 is 5.32 Å². The van der Waals surface area contributed by atoms with Crippen molar-refractivity contribution in [2.75, 3.05) is 5.32 Å². The Bertz CT molecular complexity index is 873. The number of benzene rings is 1. The van der Waals surface area contributed by atoms with Crippen molar-refractivity contribution in [2.45, 2.75) is 0 Å². The second-order valence-corrected chi connectivity index (χ2v) is 5.23. The third kappa shape index (κ3) is 2.69. The number of aromatic nitrogens is 2. The van der Waals surface area contributed by atoms with E-state index in [0.29, 0.717) is 16.7 Å². The van der Waals surface area contributed by atoms with Crippen LogP contribution in [0.2, 0.25) is 0 Å². The molecule has 2 aromatic heterocycles. The van der Waals surface area contributed by atoms with E-state index in [1.807, 2.05) is 12.1 Å². The molecule has 21 heavy (non-hydrogen) atoms. The van der Waals surface area contributed by atoms with E-state index in [0.717, 1.165) is 4.47 Å². The molecule has 0 atom stereocenters. The van der Waals surface area contributed by atoms with Gasteiger partial charge in [-0.3, -0.25) is 9.97 Å². The number of fused-ring (bicyclic) bond motifs is 1. The molecular formula is C15H8BrFN4. The van der Waals surface area contributed by atoms with E-state index in [2.05, 4.69) is 31.2 Å². The van der Waals surface area contributed by atoms with E-state index in [-0.39, 0.29) is 11.3 Å². The fourth-order valence-corrected chi connectivity index (χ4v) is 2.26. The van der Waals surface area contributed by atoms with E-state index >= 15 is 0 Å². The molecule has 2 heterocycles. The number of nitrogens with zero attached hydrogens (tertiary/aromatic N) is 3. The fraction of sp³-hybridized carbons (Fsp3) is 0. The van der Waals surface area contributed by atoms with Crippen molar-refractivity contribution in [3.8, 4) is 6.07 Å². The first kappa shape index (κ1) is 13.5. The van der Waals surface area contributed by atoms with Gasteiger partial charge in [-0.1, -0.05) is 0 Å². The highest BCUT2D eigenvalue weighted by atomic mass is 79.9. The highest BCUT2D eigenvalue weighted by Gasteiger charge is 2.08. The second-order valence-electron chi connectivity index (χ2n) is 4.31. The molecule has 0 spiro atoms. The van der Waals surface area contributed by atoms with Crippen LogP contribution in [-0.2, 0) is 0 Å². The second kappa shape index (κ2) is 5.46. The van der Waals surface area contributed by atoms with Crippen molar-refractivity contribution in [2.24, 2.45) is 0 Å². The highest BCUT2D eigenvalue weighted by Crippen LogP contribution is 2.26. The zero-order valence-electron chi connectivity index (χ0n) is 10.6. The number of pyridine rings is 2. The summed E-state index contributed by atoms with van der Waals surface area (Å²) in [5.74, 6) is -0.490. The molecule has 0 radical (unpaired) electrons. The molecule has 0 aliphatic rings. The summed E-state index contributed by atoms with van der Waals surface area (Å²) in [7, 11) is 0. The quantitative estimate of drug-likeness (QED) is 0.759. The molecule has 1 N–H and O–H groups in total. The van der Waals surface area contributed by atoms with Gasteiger partial charge in [-0.2, -0.15) is 5.26 Å². The zero-order chi connectivity index (χ0) is 14.8. The SMILES string of the molecule is N#Cc1ccc(Nc2ccnc3cc(Br)cnc23)c(F)c1. The number of nitrogens with one attached hydrogen (secondary N) is 1. The van der Waals surface area contributed by atoms with Crippen molar-refractivity contribution in [1.29, 1.82) is 5.26 Å². The van der Waals surface area contributed by atoms with Crippen LogP contribution in [0.15, 0.2) is 47.2 Å². The van der Waals surface area contributed by atoms with E-state index in [1.54, 1.807) is 24.5 Å². The summed E-state index contributed by atoms with van der Waals surface area (Å²) in [5.41, 5.74) is 2.55. The van der Waals surface area contributed by atoms with Gasteiger partial charge in [0.2, 0.25) is 0 Å². The summed E-state index contributed by atoms with van der Waals surface area (Å²) in [4.78, 5) is 8.52. The van der Waals surface area contributed by atoms with Crippen LogP contribution in [0.5, 0.6) is 0 Å². The Hall–Kier alpha value is -2.52. The maximum absolute atomic E-state index is 13.9. The van der Waals surface area contributed by atoms with Gasteiger partial charge in [0.15, 0.2) is 0 Å². The number of rotatable bonds is 2. The van der Waals surface area contributed by atoms with Crippen molar-refractivity contribution >= 4 is 38.3 Å². The smallest absolute Gasteiger partial charge is 0.147 e. The van der Waals surface area contributed by atoms with Crippen molar-refractivity contribution < 1.29 is 4.39 Å². The molecule has 6 heteroatoms. The average molecular weight is 343 g/mol. The monoisotopic (exact) mass is 342 g/mol. The van der Waals surface area contributed by atoms with Gasteiger partial charge in [-0.05, 0) is 46.3 Å². The Morgan fingerprint density at radius 1 is 1.14 bits per heavy atom. The molecule has 3 rings (SSSR count). The molecule has 4 nitrogen and oxygen atoms in total. The van der Waals surface area contributed by atoms with Gasteiger partial charge in [-0.25, -0.2) is 4.39 Å². The standard InChI is InChI=1S/C15H8BrFN4/c16-10-6-14-15(20-8-10)13(3-4-19-14)21-12-2-1-9(7-18)5-11(12)17/h1-6,8H,(H,19,21). The van der Waals surface area contributed by atoms with Gasteiger partial charge in [0.25, 0.3) is 0 Å². The van der Waals surface area contributed by atoms with Crippen LogP contribution >= 0.6 is 15.9 Å². The first-order chi connectivity index (χ1) is 10.2. The molecule has 0 saturated carbocycles. The summed E-state index contributed by atoms with van der Waals surface area (Å²) in [5, 5.41) is 11.7.